The lowest BCUT2D eigenvalue weighted by Crippen LogP contribution is -2.28. The monoisotopic (exact) mass is 209 g/mol. The molecule has 0 aromatic carbocycles. The molecule has 0 aliphatic rings. The maximum atomic E-state index is 11.6. The molecular formula is C8H16FNO4. The zero-order valence-electron chi connectivity index (χ0n) is 8.00. The molecule has 14 heavy (non-hydrogen) atoms. The minimum Gasteiger partial charge on any atom is -0.394 e. The molecule has 0 saturated heterocycles. The summed E-state index contributed by atoms with van der Waals surface area (Å²) in [5, 5.41) is 10.7. The van der Waals surface area contributed by atoms with Crippen LogP contribution >= 0.6 is 0 Å². The zero-order chi connectivity index (χ0) is 10.6. The summed E-state index contributed by atoms with van der Waals surface area (Å²) in [4.78, 5) is 10.4. The number of nitrogens with one attached hydrogen (secondary N) is 1. The van der Waals surface area contributed by atoms with E-state index >= 15 is 0 Å². The summed E-state index contributed by atoms with van der Waals surface area (Å²) in [7, 11) is 0. The van der Waals surface area contributed by atoms with Crippen molar-refractivity contribution in [1.82, 2.24) is 5.32 Å². The third-order valence-corrected chi connectivity index (χ3v) is 1.30. The molecule has 0 aromatic rings. The average molecular weight is 209 g/mol. The standard InChI is InChI=1S/C8H16FNO4/c9-7-8(12)10-1-3-13-5-6-14-4-2-11/h11H,1-7H2,(H,10,12). The van der Waals surface area contributed by atoms with Crippen molar-refractivity contribution < 1.29 is 23.8 Å². The van der Waals surface area contributed by atoms with Gasteiger partial charge in [0.25, 0.3) is 5.91 Å². The lowest BCUT2D eigenvalue weighted by Gasteiger charge is -2.05. The Kier molecular flexibility index (Phi) is 9.83. The molecule has 0 atom stereocenters. The molecule has 0 unspecified atom stereocenters. The summed E-state index contributed by atoms with van der Waals surface area (Å²) < 4.78 is 21.5. The number of alkyl halides is 1. The van der Waals surface area contributed by atoms with Crippen LogP contribution in [0.15, 0.2) is 0 Å². The molecule has 0 bridgehead atoms. The van der Waals surface area contributed by atoms with Crippen molar-refractivity contribution in [2.45, 2.75) is 0 Å². The predicted octanol–water partition coefficient (Wildman–Crippen LogP) is -0.902. The third kappa shape index (κ3) is 9.37. The maximum Gasteiger partial charge on any atom is 0.251 e. The van der Waals surface area contributed by atoms with Crippen LogP contribution in [0.1, 0.15) is 0 Å². The second-order valence-corrected chi connectivity index (χ2v) is 2.43. The van der Waals surface area contributed by atoms with E-state index in [1.54, 1.807) is 0 Å². The normalized spacial score (nSPS) is 10.1. The maximum absolute atomic E-state index is 11.6. The van der Waals surface area contributed by atoms with Crippen molar-refractivity contribution in [2.75, 3.05) is 46.3 Å². The first kappa shape index (κ1) is 13.3. The Bertz CT molecular complexity index is 145. The molecule has 0 radical (unpaired) electrons. The molecule has 0 heterocycles. The lowest BCUT2D eigenvalue weighted by atomic mass is 10.6. The summed E-state index contributed by atoms with van der Waals surface area (Å²) in [5.41, 5.74) is 0. The van der Waals surface area contributed by atoms with Gasteiger partial charge < -0.3 is 19.9 Å². The van der Waals surface area contributed by atoms with Crippen LogP contribution in [0.25, 0.3) is 0 Å². The van der Waals surface area contributed by atoms with Gasteiger partial charge in [0.05, 0.1) is 33.0 Å². The van der Waals surface area contributed by atoms with Gasteiger partial charge >= 0.3 is 0 Å². The molecule has 6 heteroatoms. The van der Waals surface area contributed by atoms with Gasteiger partial charge in [-0.25, -0.2) is 4.39 Å². The fourth-order valence-electron chi connectivity index (χ4n) is 0.696. The van der Waals surface area contributed by atoms with Crippen LogP contribution < -0.4 is 5.32 Å². The van der Waals surface area contributed by atoms with E-state index in [1.165, 1.54) is 0 Å². The highest BCUT2D eigenvalue weighted by Gasteiger charge is 1.96. The van der Waals surface area contributed by atoms with Crippen LogP contribution in [0, 0.1) is 0 Å². The van der Waals surface area contributed by atoms with E-state index in [-0.39, 0.29) is 6.61 Å². The molecule has 0 spiro atoms. The number of carbonyl (C=O) groups excluding carboxylic acids is 1. The fourth-order valence-corrected chi connectivity index (χ4v) is 0.696. The van der Waals surface area contributed by atoms with Crippen LogP contribution in [0.2, 0.25) is 0 Å². The quantitative estimate of drug-likeness (QED) is 0.483. The number of hydrogen-bond acceptors (Lipinski definition) is 4. The molecule has 1 amide bonds. The van der Waals surface area contributed by atoms with Gasteiger partial charge in [0, 0.05) is 6.54 Å². The Morgan fingerprint density at radius 2 is 1.86 bits per heavy atom. The molecule has 0 saturated carbocycles. The SMILES string of the molecule is O=C(CF)NCCOCCOCCO. The van der Waals surface area contributed by atoms with Gasteiger partial charge in [-0.3, -0.25) is 4.79 Å². The number of aliphatic hydroxyl groups excluding tert-OH is 1. The highest BCUT2D eigenvalue weighted by molar-refractivity contribution is 5.76. The summed E-state index contributed by atoms with van der Waals surface area (Å²) in [6, 6.07) is 0. The van der Waals surface area contributed by atoms with Crippen molar-refractivity contribution >= 4 is 5.91 Å². The second-order valence-electron chi connectivity index (χ2n) is 2.43. The zero-order valence-corrected chi connectivity index (χ0v) is 8.00. The smallest absolute Gasteiger partial charge is 0.251 e. The van der Waals surface area contributed by atoms with Crippen LogP contribution in [0.5, 0.6) is 0 Å². The number of hydrogen-bond donors (Lipinski definition) is 2. The molecule has 0 fully saturated rings. The predicted molar refractivity (Wildman–Crippen MR) is 47.7 cm³/mol. The van der Waals surface area contributed by atoms with E-state index < -0.39 is 12.6 Å². The minimum absolute atomic E-state index is 0.00738. The van der Waals surface area contributed by atoms with Gasteiger partial charge in [-0.1, -0.05) is 0 Å². The van der Waals surface area contributed by atoms with Crippen LogP contribution in [0.3, 0.4) is 0 Å². The summed E-state index contributed by atoms with van der Waals surface area (Å²) >= 11 is 0. The summed E-state index contributed by atoms with van der Waals surface area (Å²) in [6.07, 6.45) is 0. The number of aliphatic hydroxyl groups is 1. The van der Waals surface area contributed by atoms with Crippen LogP contribution in [-0.4, -0.2) is 57.3 Å². The van der Waals surface area contributed by atoms with Gasteiger partial charge in [0.1, 0.15) is 0 Å². The molecular weight excluding hydrogens is 193 g/mol. The van der Waals surface area contributed by atoms with Crippen LogP contribution in [0.4, 0.5) is 4.39 Å². The third-order valence-electron chi connectivity index (χ3n) is 1.30. The van der Waals surface area contributed by atoms with Crippen molar-refractivity contribution in [1.29, 1.82) is 0 Å². The Morgan fingerprint density at radius 1 is 1.21 bits per heavy atom. The van der Waals surface area contributed by atoms with E-state index in [1.807, 2.05) is 0 Å². The number of carbonyl (C=O) groups is 1. The molecule has 5 nitrogen and oxygen atoms in total. The first-order valence-electron chi connectivity index (χ1n) is 4.40. The topological polar surface area (TPSA) is 67.8 Å². The Balaban J connectivity index is 2.95. The number of ether oxygens (including phenoxy) is 2. The Hall–Kier alpha value is -0.720. The number of halogens is 1. The molecule has 84 valence electrons. The highest BCUT2D eigenvalue weighted by atomic mass is 19.1. The van der Waals surface area contributed by atoms with Crippen LogP contribution in [-0.2, 0) is 14.3 Å². The molecule has 0 aliphatic carbocycles. The number of amides is 1. The Morgan fingerprint density at radius 3 is 2.43 bits per heavy atom. The summed E-state index contributed by atoms with van der Waals surface area (Å²) in [6.45, 7) is 0.703. The molecule has 0 aromatic heterocycles. The van der Waals surface area contributed by atoms with Crippen molar-refractivity contribution in [3.05, 3.63) is 0 Å². The molecule has 0 rings (SSSR count). The van der Waals surface area contributed by atoms with E-state index in [0.29, 0.717) is 33.0 Å². The number of rotatable bonds is 9. The second kappa shape index (κ2) is 10.4. The summed E-state index contributed by atoms with van der Waals surface area (Å²) in [5.74, 6) is -0.634. The average Bonchev–Trinajstić information content (AvgIpc) is 2.21. The van der Waals surface area contributed by atoms with Gasteiger partial charge in [0.2, 0.25) is 0 Å². The molecule has 0 aliphatic heterocycles. The van der Waals surface area contributed by atoms with E-state index in [4.69, 9.17) is 14.6 Å². The van der Waals surface area contributed by atoms with Gasteiger partial charge in [-0.05, 0) is 0 Å². The van der Waals surface area contributed by atoms with E-state index in [2.05, 4.69) is 5.32 Å². The van der Waals surface area contributed by atoms with E-state index in [9.17, 15) is 9.18 Å². The highest BCUT2D eigenvalue weighted by Crippen LogP contribution is 1.78. The van der Waals surface area contributed by atoms with Crippen molar-refractivity contribution in [3.8, 4) is 0 Å². The van der Waals surface area contributed by atoms with Gasteiger partial charge in [-0.2, -0.15) is 0 Å². The van der Waals surface area contributed by atoms with Crippen molar-refractivity contribution in [2.24, 2.45) is 0 Å². The van der Waals surface area contributed by atoms with Crippen molar-refractivity contribution in [3.63, 3.8) is 0 Å². The fraction of sp³-hybridized carbons (Fsp3) is 0.875. The van der Waals surface area contributed by atoms with Gasteiger partial charge in [0.15, 0.2) is 6.67 Å². The Labute approximate surface area is 82.2 Å². The van der Waals surface area contributed by atoms with E-state index in [0.717, 1.165) is 0 Å². The largest absolute Gasteiger partial charge is 0.394 e. The first-order valence-corrected chi connectivity index (χ1v) is 4.40. The van der Waals surface area contributed by atoms with Gasteiger partial charge in [-0.15, -0.1) is 0 Å². The minimum atomic E-state index is -1.00. The first-order chi connectivity index (χ1) is 6.81. The lowest BCUT2D eigenvalue weighted by molar-refractivity contribution is -0.122. The molecule has 2 N–H and O–H groups in total.